The van der Waals surface area contributed by atoms with Gasteiger partial charge >= 0.3 is 0 Å². The highest BCUT2D eigenvalue weighted by Gasteiger charge is 2.43. The Hall–Kier alpha value is -4.40. The van der Waals surface area contributed by atoms with Crippen LogP contribution in [0.5, 0.6) is 0 Å². The normalized spacial score (nSPS) is 20.2. The Kier molecular flexibility index (Phi) is 14.3. The summed E-state index contributed by atoms with van der Waals surface area (Å²) in [7, 11) is 0. The van der Waals surface area contributed by atoms with E-state index in [0.717, 1.165) is 96.6 Å². The lowest BCUT2D eigenvalue weighted by Crippen LogP contribution is -2.56. The first-order valence-corrected chi connectivity index (χ1v) is 21.7. The van der Waals surface area contributed by atoms with Crippen molar-refractivity contribution in [3.63, 3.8) is 0 Å². The molecule has 1 aliphatic carbocycles. The third-order valence-corrected chi connectivity index (χ3v) is 12.1. The van der Waals surface area contributed by atoms with Gasteiger partial charge in [-0.1, -0.05) is 71.2 Å². The van der Waals surface area contributed by atoms with Gasteiger partial charge in [-0.2, -0.15) is 9.61 Å². The summed E-state index contributed by atoms with van der Waals surface area (Å²) < 4.78 is 1.85. The second-order valence-corrected chi connectivity index (χ2v) is 17.8. The van der Waals surface area contributed by atoms with Gasteiger partial charge in [-0.3, -0.25) is 14.4 Å². The van der Waals surface area contributed by atoms with Crippen LogP contribution in [0.4, 0.5) is 5.82 Å². The number of anilines is 1. The Morgan fingerprint density at radius 1 is 1.02 bits per heavy atom. The highest BCUT2D eigenvalue weighted by Crippen LogP contribution is 2.29. The topological polar surface area (TPSA) is 166 Å². The van der Waals surface area contributed by atoms with Crippen molar-refractivity contribution in [3.8, 4) is 10.4 Å². The van der Waals surface area contributed by atoms with Gasteiger partial charge in [-0.25, -0.2) is 9.97 Å². The van der Waals surface area contributed by atoms with Crippen LogP contribution in [0.3, 0.4) is 0 Å². The first kappa shape index (κ1) is 42.2. The standard InChI is InChI=1S/C43H61N9O4S/c1-6-11-31-23-37(52-36(48-31)19-21-47-52)49-32-17-18-33(22-32)50-38(54)12-9-7-8-10-20-44-40(43(3,4)5)42(56)51-26-34(53)24-35(51)41(55)45-25-29-13-15-30(16-14-29)39-28(2)46-27-57-39/h13-16,19,21,23,27,32-35,40,44,49,53H,6-12,17-18,20,22,24-26H2,1-5H3,(H,45,55)(H,50,54)/t32-,33-,34-,35+,40-/m1/s1. The molecule has 0 unspecified atom stereocenters. The van der Waals surface area contributed by atoms with Crippen molar-refractivity contribution < 1.29 is 19.5 Å². The predicted octanol–water partition coefficient (Wildman–Crippen LogP) is 5.80. The van der Waals surface area contributed by atoms with E-state index in [9.17, 15) is 19.5 Å². The number of aliphatic hydroxyl groups is 1. The molecule has 2 fully saturated rings. The molecule has 14 heteroatoms. The molecule has 4 aromatic rings. The van der Waals surface area contributed by atoms with Crippen molar-refractivity contribution in [2.24, 2.45) is 5.41 Å². The second kappa shape index (κ2) is 19.4. The van der Waals surface area contributed by atoms with E-state index >= 15 is 0 Å². The summed E-state index contributed by atoms with van der Waals surface area (Å²) in [6.45, 7) is 11.3. The third kappa shape index (κ3) is 11.2. The molecule has 3 aromatic heterocycles. The van der Waals surface area contributed by atoms with Gasteiger partial charge < -0.3 is 31.3 Å². The maximum Gasteiger partial charge on any atom is 0.243 e. The molecule has 13 nitrogen and oxygen atoms in total. The second-order valence-electron chi connectivity index (χ2n) is 16.9. The minimum Gasteiger partial charge on any atom is -0.391 e. The molecular formula is C43H61N9O4S. The molecule has 308 valence electrons. The van der Waals surface area contributed by atoms with Gasteiger partial charge in [0.05, 0.1) is 34.4 Å². The van der Waals surface area contributed by atoms with E-state index in [4.69, 9.17) is 4.98 Å². The molecule has 3 amide bonds. The van der Waals surface area contributed by atoms with Crippen LogP contribution in [0, 0.1) is 12.3 Å². The van der Waals surface area contributed by atoms with Crippen LogP contribution in [-0.2, 0) is 27.3 Å². The van der Waals surface area contributed by atoms with Crippen LogP contribution in [0.15, 0.2) is 48.1 Å². The number of hydrogen-bond donors (Lipinski definition) is 5. The zero-order chi connectivity index (χ0) is 40.5. The molecule has 5 atom stereocenters. The number of aryl methyl sites for hydroxylation is 2. The fourth-order valence-corrected chi connectivity index (χ4v) is 8.92. The highest BCUT2D eigenvalue weighted by atomic mass is 32.1. The van der Waals surface area contributed by atoms with Gasteiger partial charge in [0.15, 0.2) is 5.65 Å². The number of fused-ring (bicyclic) bond motifs is 1. The van der Waals surface area contributed by atoms with Crippen molar-refractivity contribution in [1.29, 1.82) is 0 Å². The maximum absolute atomic E-state index is 14.0. The van der Waals surface area contributed by atoms with E-state index in [1.807, 2.05) is 68.1 Å². The highest BCUT2D eigenvalue weighted by molar-refractivity contribution is 7.13. The lowest BCUT2D eigenvalue weighted by molar-refractivity contribution is -0.142. The number of aliphatic hydroxyl groups excluding tert-OH is 1. The Labute approximate surface area is 340 Å². The average Bonchev–Trinajstić information content (AvgIpc) is 4.00. The quantitative estimate of drug-likeness (QED) is 0.0783. The third-order valence-electron chi connectivity index (χ3n) is 11.2. The SMILES string of the molecule is CCCc1cc(N[C@@H]2CC[C@@H](NC(=O)CCCCCCN[C@H](C(=O)N3C[C@H](O)C[C@H]3C(=O)NCc3ccc(-c4scnc4C)cc3)C(C)(C)C)C2)n2nccc2n1. The number of carbonyl (C=O) groups is 3. The monoisotopic (exact) mass is 799 g/mol. The minimum atomic E-state index is -0.754. The van der Waals surface area contributed by atoms with E-state index in [2.05, 4.69) is 44.3 Å². The van der Waals surface area contributed by atoms with E-state index in [-0.39, 0.29) is 42.8 Å². The Bertz CT molecular complexity index is 1960. The zero-order valence-corrected chi connectivity index (χ0v) is 35.0. The van der Waals surface area contributed by atoms with Crippen LogP contribution in [-0.4, -0.2) is 90.7 Å². The molecule has 1 saturated carbocycles. The van der Waals surface area contributed by atoms with E-state index in [0.29, 0.717) is 19.5 Å². The molecule has 1 saturated heterocycles. The summed E-state index contributed by atoms with van der Waals surface area (Å²) >= 11 is 1.60. The molecular weight excluding hydrogens is 739 g/mol. The molecule has 1 aromatic carbocycles. The predicted molar refractivity (Wildman–Crippen MR) is 225 cm³/mol. The molecule has 0 bridgehead atoms. The number of nitrogens with zero attached hydrogens (tertiary/aromatic N) is 5. The van der Waals surface area contributed by atoms with E-state index < -0.39 is 23.6 Å². The Morgan fingerprint density at radius 3 is 2.53 bits per heavy atom. The first-order valence-electron chi connectivity index (χ1n) is 20.8. The summed E-state index contributed by atoms with van der Waals surface area (Å²) in [6, 6.07) is 11.2. The number of likely N-dealkylation sites (tertiary alicyclic amines) is 1. The Morgan fingerprint density at radius 2 is 1.79 bits per heavy atom. The van der Waals surface area contributed by atoms with Crippen LogP contribution < -0.4 is 21.3 Å². The van der Waals surface area contributed by atoms with Crippen molar-refractivity contribution >= 4 is 40.5 Å². The summed E-state index contributed by atoms with van der Waals surface area (Å²) in [5, 5.41) is 28.4. The number of aromatic nitrogens is 4. The number of thiazole rings is 1. The number of nitrogens with one attached hydrogen (secondary N) is 4. The number of hydrogen-bond acceptors (Lipinski definition) is 10. The van der Waals surface area contributed by atoms with Crippen LogP contribution in [0.25, 0.3) is 16.1 Å². The van der Waals surface area contributed by atoms with Crippen molar-refractivity contribution in [1.82, 2.24) is 40.4 Å². The lowest BCUT2D eigenvalue weighted by atomic mass is 9.85. The molecule has 2 aliphatic rings. The molecule has 1 aliphatic heterocycles. The number of rotatable bonds is 18. The average molecular weight is 800 g/mol. The van der Waals surface area contributed by atoms with Crippen molar-refractivity contribution in [2.75, 3.05) is 18.4 Å². The van der Waals surface area contributed by atoms with Gasteiger partial charge in [0.1, 0.15) is 11.9 Å². The van der Waals surface area contributed by atoms with Crippen molar-refractivity contribution in [2.45, 2.75) is 142 Å². The summed E-state index contributed by atoms with van der Waals surface area (Å²) in [4.78, 5) is 51.9. The molecule has 6 rings (SSSR count). The minimum absolute atomic E-state index is 0.104. The molecule has 57 heavy (non-hydrogen) atoms. The van der Waals surface area contributed by atoms with Crippen LogP contribution in [0.1, 0.15) is 109 Å². The molecule has 4 heterocycles. The number of amides is 3. The summed E-state index contributed by atoms with van der Waals surface area (Å²) in [6.07, 6.45) is 10.0. The summed E-state index contributed by atoms with van der Waals surface area (Å²) in [5.74, 6) is 0.634. The van der Waals surface area contributed by atoms with Crippen molar-refractivity contribution in [3.05, 3.63) is 65.1 Å². The fourth-order valence-electron chi connectivity index (χ4n) is 8.11. The molecule has 0 radical (unpaired) electrons. The fraction of sp³-hybridized carbons (Fsp3) is 0.581. The van der Waals surface area contributed by atoms with Gasteiger partial charge in [-0.15, -0.1) is 11.3 Å². The summed E-state index contributed by atoms with van der Waals surface area (Å²) in [5.41, 5.74) is 6.38. The number of benzene rings is 1. The largest absolute Gasteiger partial charge is 0.391 e. The smallest absolute Gasteiger partial charge is 0.243 e. The maximum atomic E-state index is 14.0. The van der Waals surface area contributed by atoms with Crippen LogP contribution in [0.2, 0.25) is 0 Å². The number of carbonyl (C=O) groups excluding carboxylic acids is 3. The van der Waals surface area contributed by atoms with E-state index in [1.165, 1.54) is 0 Å². The number of unbranched alkanes of at least 4 members (excludes halogenated alkanes) is 3. The van der Waals surface area contributed by atoms with Gasteiger partial charge in [0, 0.05) is 55.8 Å². The lowest BCUT2D eigenvalue weighted by Gasteiger charge is -2.35. The number of β-amino-alcohol motifs (C(OH)–C–C–N with tert-alkyl or cyclic N) is 1. The van der Waals surface area contributed by atoms with Gasteiger partial charge in [-0.05, 0) is 68.5 Å². The first-order chi connectivity index (χ1) is 27.4. The zero-order valence-electron chi connectivity index (χ0n) is 34.2. The molecule has 5 N–H and O–H groups in total. The van der Waals surface area contributed by atoms with Crippen LogP contribution >= 0.6 is 11.3 Å². The van der Waals surface area contributed by atoms with Gasteiger partial charge in [0.25, 0.3) is 0 Å². The molecule has 0 spiro atoms. The van der Waals surface area contributed by atoms with E-state index in [1.54, 1.807) is 22.4 Å². The van der Waals surface area contributed by atoms with Gasteiger partial charge in [0.2, 0.25) is 17.7 Å². The Balaban J connectivity index is 0.891.